The minimum atomic E-state index is -3.20. The van der Waals surface area contributed by atoms with Crippen molar-refractivity contribution in [3.63, 3.8) is 0 Å². The summed E-state index contributed by atoms with van der Waals surface area (Å²) in [6, 6.07) is 7.06. The molecule has 0 saturated carbocycles. The third-order valence-corrected chi connectivity index (χ3v) is 5.46. The predicted molar refractivity (Wildman–Crippen MR) is 80.8 cm³/mol. The standard InChI is InChI=1S/C15H23NO3S/c1-4-20(17,18)14-8-6-5-7-13(14)16-11-12-9-10-15(2,3)19-12/h5-8,12,16H,4,9-11H2,1-3H3/t12-/m0/s1. The number of ether oxygens (including phenoxy) is 1. The molecule has 20 heavy (non-hydrogen) atoms. The molecule has 0 amide bonds. The number of sulfone groups is 1. The van der Waals surface area contributed by atoms with Crippen molar-refractivity contribution in [1.82, 2.24) is 0 Å². The van der Waals surface area contributed by atoms with Crippen LogP contribution in [0.2, 0.25) is 0 Å². The van der Waals surface area contributed by atoms with E-state index in [9.17, 15) is 8.42 Å². The van der Waals surface area contributed by atoms with E-state index in [1.807, 2.05) is 12.1 Å². The monoisotopic (exact) mass is 297 g/mol. The van der Waals surface area contributed by atoms with Gasteiger partial charge in [-0.15, -0.1) is 0 Å². The fraction of sp³-hybridized carbons (Fsp3) is 0.600. The molecule has 0 bridgehead atoms. The molecule has 2 rings (SSSR count). The summed E-state index contributed by atoms with van der Waals surface area (Å²) in [6.07, 6.45) is 2.18. The summed E-state index contributed by atoms with van der Waals surface area (Å²) in [5, 5.41) is 3.23. The van der Waals surface area contributed by atoms with Crippen molar-refractivity contribution >= 4 is 15.5 Å². The number of hydrogen-bond acceptors (Lipinski definition) is 4. The van der Waals surface area contributed by atoms with Crippen LogP contribution in [0, 0.1) is 0 Å². The van der Waals surface area contributed by atoms with Crippen LogP contribution in [0.1, 0.15) is 33.6 Å². The Labute approximate surface area is 121 Å². The van der Waals surface area contributed by atoms with Crippen LogP contribution < -0.4 is 5.32 Å². The van der Waals surface area contributed by atoms with E-state index in [4.69, 9.17) is 4.74 Å². The van der Waals surface area contributed by atoms with Crippen molar-refractivity contribution in [2.75, 3.05) is 17.6 Å². The quantitative estimate of drug-likeness (QED) is 0.908. The van der Waals surface area contributed by atoms with Gasteiger partial charge in [-0.25, -0.2) is 8.42 Å². The molecule has 1 N–H and O–H groups in total. The van der Waals surface area contributed by atoms with Gasteiger partial charge in [-0.1, -0.05) is 19.1 Å². The summed E-state index contributed by atoms with van der Waals surface area (Å²) in [5.74, 6) is 0.110. The smallest absolute Gasteiger partial charge is 0.180 e. The summed E-state index contributed by atoms with van der Waals surface area (Å²) in [6.45, 7) is 6.47. The van der Waals surface area contributed by atoms with Gasteiger partial charge < -0.3 is 10.1 Å². The van der Waals surface area contributed by atoms with Crippen molar-refractivity contribution in [3.8, 4) is 0 Å². The first kappa shape index (κ1) is 15.3. The second-order valence-electron chi connectivity index (χ2n) is 5.82. The Bertz CT molecular complexity index is 566. The minimum absolute atomic E-state index is 0.0681. The van der Waals surface area contributed by atoms with Gasteiger partial charge in [-0.05, 0) is 38.8 Å². The first-order valence-corrected chi connectivity index (χ1v) is 8.73. The third-order valence-electron chi connectivity index (χ3n) is 3.68. The van der Waals surface area contributed by atoms with E-state index in [1.54, 1.807) is 19.1 Å². The lowest BCUT2D eigenvalue weighted by Crippen LogP contribution is -2.25. The zero-order chi connectivity index (χ0) is 14.8. The van der Waals surface area contributed by atoms with Crippen LogP contribution in [0.5, 0.6) is 0 Å². The molecule has 1 saturated heterocycles. The van der Waals surface area contributed by atoms with E-state index in [-0.39, 0.29) is 17.5 Å². The molecule has 1 aromatic rings. The Hall–Kier alpha value is -1.07. The second-order valence-corrected chi connectivity index (χ2v) is 8.07. The van der Waals surface area contributed by atoms with E-state index in [0.29, 0.717) is 17.1 Å². The lowest BCUT2D eigenvalue weighted by Gasteiger charge is -2.20. The summed E-state index contributed by atoms with van der Waals surface area (Å²) < 4.78 is 30.0. The highest BCUT2D eigenvalue weighted by atomic mass is 32.2. The molecule has 0 unspecified atom stereocenters. The molecule has 112 valence electrons. The second kappa shape index (κ2) is 5.74. The van der Waals surface area contributed by atoms with E-state index in [2.05, 4.69) is 19.2 Å². The van der Waals surface area contributed by atoms with E-state index in [0.717, 1.165) is 12.8 Å². The molecule has 0 aliphatic carbocycles. The first-order valence-electron chi connectivity index (χ1n) is 7.07. The highest BCUT2D eigenvalue weighted by Crippen LogP contribution is 2.30. The first-order chi connectivity index (χ1) is 9.34. The molecule has 1 aliphatic rings. The van der Waals surface area contributed by atoms with Crippen LogP contribution in [0.15, 0.2) is 29.2 Å². The fourth-order valence-electron chi connectivity index (χ4n) is 2.48. The zero-order valence-corrected chi connectivity index (χ0v) is 13.2. The molecule has 5 heteroatoms. The molecule has 0 aromatic heterocycles. The largest absolute Gasteiger partial charge is 0.381 e. The van der Waals surface area contributed by atoms with Gasteiger partial charge in [-0.3, -0.25) is 0 Å². The molecule has 1 heterocycles. The van der Waals surface area contributed by atoms with E-state index < -0.39 is 9.84 Å². The summed E-state index contributed by atoms with van der Waals surface area (Å²) in [5.41, 5.74) is 0.601. The Morgan fingerprint density at radius 1 is 1.35 bits per heavy atom. The van der Waals surface area contributed by atoms with Crippen molar-refractivity contribution in [2.24, 2.45) is 0 Å². The van der Waals surface area contributed by atoms with Gasteiger partial charge in [0.2, 0.25) is 0 Å². The maximum absolute atomic E-state index is 12.0. The predicted octanol–water partition coefficient (Wildman–Crippen LogP) is 2.85. The van der Waals surface area contributed by atoms with Crippen molar-refractivity contribution < 1.29 is 13.2 Å². The zero-order valence-electron chi connectivity index (χ0n) is 12.3. The molecule has 1 fully saturated rings. The summed E-state index contributed by atoms with van der Waals surface area (Å²) in [7, 11) is -3.20. The molecular formula is C15H23NO3S. The average molecular weight is 297 g/mol. The van der Waals surface area contributed by atoms with Crippen LogP contribution in [-0.4, -0.2) is 32.4 Å². The molecular weight excluding hydrogens is 274 g/mol. The maximum Gasteiger partial charge on any atom is 0.180 e. The Morgan fingerprint density at radius 2 is 2.05 bits per heavy atom. The van der Waals surface area contributed by atoms with E-state index >= 15 is 0 Å². The SMILES string of the molecule is CCS(=O)(=O)c1ccccc1NC[C@@H]1CCC(C)(C)O1. The van der Waals surface area contributed by atoms with Crippen LogP contribution >= 0.6 is 0 Å². The number of benzene rings is 1. The molecule has 0 radical (unpaired) electrons. The highest BCUT2D eigenvalue weighted by Gasteiger charge is 2.31. The van der Waals surface area contributed by atoms with Gasteiger partial charge in [-0.2, -0.15) is 0 Å². The number of para-hydroxylation sites is 1. The van der Waals surface area contributed by atoms with Gasteiger partial charge >= 0.3 is 0 Å². The maximum atomic E-state index is 12.0. The number of rotatable bonds is 5. The number of hydrogen-bond donors (Lipinski definition) is 1. The summed E-state index contributed by atoms with van der Waals surface area (Å²) >= 11 is 0. The molecule has 1 aromatic carbocycles. The topological polar surface area (TPSA) is 55.4 Å². The molecule has 0 spiro atoms. The van der Waals surface area contributed by atoms with Gasteiger partial charge in [0.1, 0.15) is 0 Å². The van der Waals surface area contributed by atoms with Gasteiger partial charge in [0.15, 0.2) is 9.84 Å². The Morgan fingerprint density at radius 3 is 2.65 bits per heavy atom. The van der Waals surface area contributed by atoms with Crippen LogP contribution in [0.4, 0.5) is 5.69 Å². The van der Waals surface area contributed by atoms with Gasteiger partial charge in [0.25, 0.3) is 0 Å². The van der Waals surface area contributed by atoms with Gasteiger partial charge in [0, 0.05) is 6.54 Å². The average Bonchev–Trinajstić information content (AvgIpc) is 2.76. The number of anilines is 1. The highest BCUT2D eigenvalue weighted by molar-refractivity contribution is 7.91. The normalized spacial score (nSPS) is 21.9. The van der Waals surface area contributed by atoms with Gasteiger partial charge in [0.05, 0.1) is 28.0 Å². The van der Waals surface area contributed by atoms with E-state index in [1.165, 1.54) is 0 Å². The van der Waals surface area contributed by atoms with Crippen molar-refractivity contribution in [2.45, 2.75) is 50.2 Å². The van der Waals surface area contributed by atoms with Crippen LogP contribution in [-0.2, 0) is 14.6 Å². The minimum Gasteiger partial charge on any atom is -0.381 e. The molecule has 4 nitrogen and oxygen atoms in total. The fourth-order valence-corrected chi connectivity index (χ4v) is 3.56. The van der Waals surface area contributed by atoms with Crippen molar-refractivity contribution in [1.29, 1.82) is 0 Å². The third kappa shape index (κ3) is 3.52. The lowest BCUT2D eigenvalue weighted by molar-refractivity contribution is -0.00912. The summed E-state index contributed by atoms with van der Waals surface area (Å²) in [4.78, 5) is 0.375. The molecule has 1 aliphatic heterocycles. The lowest BCUT2D eigenvalue weighted by atomic mass is 10.1. The number of nitrogens with one attached hydrogen (secondary N) is 1. The van der Waals surface area contributed by atoms with Crippen LogP contribution in [0.3, 0.4) is 0 Å². The molecule has 1 atom stereocenters. The Balaban J connectivity index is 2.08. The Kier molecular flexibility index (Phi) is 4.39. The van der Waals surface area contributed by atoms with Crippen molar-refractivity contribution in [3.05, 3.63) is 24.3 Å². The van der Waals surface area contributed by atoms with Crippen LogP contribution in [0.25, 0.3) is 0 Å².